The van der Waals surface area contributed by atoms with Gasteiger partial charge >= 0.3 is 0 Å². The van der Waals surface area contributed by atoms with E-state index in [0.29, 0.717) is 6.42 Å². The fourth-order valence-electron chi connectivity index (χ4n) is 2.79. The Morgan fingerprint density at radius 3 is 1.92 bits per heavy atom. The van der Waals surface area contributed by atoms with Crippen LogP contribution < -0.4 is 0 Å². The maximum atomic E-state index is 13.0. The predicted octanol–water partition coefficient (Wildman–Crippen LogP) is 0.644. The van der Waals surface area contributed by atoms with Gasteiger partial charge in [0.1, 0.15) is 10.7 Å². The van der Waals surface area contributed by atoms with Crippen molar-refractivity contribution in [3.63, 3.8) is 0 Å². The smallest absolute Gasteiger partial charge is 0.246 e. The minimum atomic E-state index is -3.80. The van der Waals surface area contributed by atoms with E-state index in [1.54, 1.807) is 7.05 Å². The highest BCUT2D eigenvalue weighted by Crippen LogP contribution is 2.21. The third kappa shape index (κ3) is 3.65. The second-order valence-corrected chi connectivity index (χ2v) is 9.84. The molecule has 142 valence electrons. The second kappa shape index (κ2) is 7.06. The fourth-order valence-corrected chi connectivity index (χ4v) is 5.71. The lowest BCUT2D eigenvalue weighted by atomic mass is 10.4. The lowest BCUT2D eigenvalue weighted by Gasteiger charge is -2.21. The Morgan fingerprint density at radius 2 is 1.42 bits per heavy atom. The molecule has 0 aliphatic carbocycles. The molecular weight excluding hydrogens is 383 g/mol. The van der Waals surface area contributed by atoms with Gasteiger partial charge in [-0.15, -0.1) is 0 Å². The van der Waals surface area contributed by atoms with Crippen molar-refractivity contribution in [3.05, 3.63) is 42.5 Å². The van der Waals surface area contributed by atoms with E-state index in [1.807, 2.05) is 0 Å². The van der Waals surface area contributed by atoms with E-state index in [4.69, 9.17) is 0 Å². The molecule has 1 aliphatic rings. The summed E-state index contributed by atoms with van der Waals surface area (Å²) in [5.74, 6) is -0.520. The summed E-state index contributed by atoms with van der Waals surface area (Å²) in [5, 5.41) is 3.88. The Bertz CT molecular complexity index is 987. The zero-order chi connectivity index (χ0) is 18.9. The molecule has 11 heteroatoms. The molecule has 0 N–H and O–H groups in total. The number of aromatic nitrogens is 2. The standard InChI is InChI=1S/C15H19FN4O4S2/c1-18-12-15(11-17-18)26(23,24)20-8-2-7-19(9-10-20)25(21,22)14-5-3-13(16)4-6-14/h3-6,11-12H,2,7-10H2,1H3. The average Bonchev–Trinajstić information content (AvgIpc) is 2.88. The van der Waals surface area contributed by atoms with E-state index in [2.05, 4.69) is 5.10 Å². The topological polar surface area (TPSA) is 92.6 Å². The van der Waals surface area contributed by atoms with Crippen LogP contribution in [0.4, 0.5) is 4.39 Å². The molecule has 2 heterocycles. The van der Waals surface area contributed by atoms with Crippen LogP contribution >= 0.6 is 0 Å². The first-order chi connectivity index (χ1) is 12.2. The Kier molecular flexibility index (Phi) is 5.15. The molecule has 26 heavy (non-hydrogen) atoms. The van der Waals surface area contributed by atoms with Crippen molar-refractivity contribution in [3.8, 4) is 0 Å². The first-order valence-electron chi connectivity index (χ1n) is 7.96. The monoisotopic (exact) mass is 402 g/mol. The van der Waals surface area contributed by atoms with Crippen LogP contribution in [-0.2, 0) is 27.1 Å². The van der Waals surface area contributed by atoms with Crippen LogP contribution in [0, 0.1) is 5.82 Å². The molecule has 1 aromatic carbocycles. The highest BCUT2D eigenvalue weighted by molar-refractivity contribution is 7.89. The first kappa shape index (κ1) is 19.0. The van der Waals surface area contributed by atoms with Crippen molar-refractivity contribution in [1.82, 2.24) is 18.4 Å². The summed E-state index contributed by atoms with van der Waals surface area (Å²) < 4.78 is 67.7. The van der Waals surface area contributed by atoms with Crippen LogP contribution in [0.3, 0.4) is 0 Å². The number of halogens is 1. The highest BCUT2D eigenvalue weighted by Gasteiger charge is 2.32. The van der Waals surface area contributed by atoms with Crippen molar-refractivity contribution >= 4 is 20.0 Å². The van der Waals surface area contributed by atoms with Gasteiger partial charge in [-0.1, -0.05) is 0 Å². The Balaban J connectivity index is 1.79. The molecule has 1 saturated heterocycles. The third-order valence-corrected chi connectivity index (χ3v) is 7.95. The van der Waals surface area contributed by atoms with E-state index in [9.17, 15) is 21.2 Å². The number of aryl methyl sites for hydroxylation is 1. The lowest BCUT2D eigenvalue weighted by Crippen LogP contribution is -2.37. The predicted molar refractivity (Wildman–Crippen MR) is 91.7 cm³/mol. The molecule has 0 atom stereocenters. The van der Waals surface area contributed by atoms with Crippen LogP contribution in [0.15, 0.2) is 46.5 Å². The van der Waals surface area contributed by atoms with E-state index in [-0.39, 0.29) is 36.0 Å². The fraction of sp³-hybridized carbons (Fsp3) is 0.400. The molecule has 0 amide bonds. The van der Waals surface area contributed by atoms with Crippen molar-refractivity contribution in [2.45, 2.75) is 16.2 Å². The van der Waals surface area contributed by atoms with Crippen LogP contribution in [-0.4, -0.2) is 61.4 Å². The number of nitrogens with zero attached hydrogens (tertiary/aromatic N) is 4. The SMILES string of the molecule is Cn1cc(S(=O)(=O)N2CCCN(S(=O)(=O)c3ccc(F)cc3)CC2)cn1. The molecule has 0 saturated carbocycles. The molecule has 0 radical (unpaired) electrons. The van der Waals surface area contributed by atoms with Crippen molar-refractivity contribution < 1.29 is 21.2 Å². The van der Waals surface area contributed by atoms with Crippen molar-refractivity contribution in [2.75, 3.05) is 26.2 Å². The number of sulfonamides is 2. The average molecular weight is 402 g/mol. The van der Waals surface area contributed by atoms with Gasteiger partial charge in [-0.2, -0.15) is 13.7 Å². The van der Waals surface area contributed by atoms with Gasteiger partial charge in [0.15, 0.2) is 0 Å². The lowest BCUT2D eigenvalue weighted by molar-refractivity contribution is 0.404. The molecule has 0 bridgehead atoms. The summed E-state index contributed by atoms with van der Waals surface area (Å²) in [6, 6.07) is 4.59. The van der Waals surface area contributed by atoms with E-state index in [0.717, 1.165) is 12.1 Å². The van der Waals surface area contributed by atoms with Crippen molar-refractivity contribution in [1.29, 1.82) is 0 Å². The quantitative estimate of drug-likeness (QED) is 0.749. The maximum Gasteiger partial charge on any atom is 0.246 e. The summed E-state index contributed by atoms with van der Waals surface area (Å²) in [6.07, 6.45) is 3.04. The molecule has 0 spiro atoms. The van der Waals surface area contributed by atoms with Crippen LogP contribution in [0.5, 0.6) is 0 Å². The van der Waals surface area contributed by atoms with Gasteiger partial charge in [0.2, 0.25) is 20.0 Å². The van der Waals surface area contributed by atoms with Crippen LogP contribution in [0.1, 0.15) is 6.42 Å². The molecule has 1 aromatic heterocycles. The van der Waals surface area contributed by atoms with Gasteiger partial charge in [-0.05, 0) is 30.7 Å². The van der Waals surface area contributed by atoms with Gasteiger partial charge < -0.3 is 0 Å². The second-order valence-electron chi connectivity index (χ2n) is 5.97. The van der Waals surface area contributed by atoms with Gasteiger partial charge in [-0.25, -0.2) is 21.2 Å². The largest absolute Gasteiger partial charge is 0.274 e. The molecule has 2 aromatic rings. The number of benzene rings is 1. The molecule has 0 unspecified atom stereocenters. The summed E-state index contributed by atoms with van der Waals surface area (Å²) in [6.45, 7) is 0.474. The maximum absolute atomic E-state index is 13.0. The van der Waals surface area contributed by atoms with Gasteiger partial charge in [0.25, 0.3) is 0 Å². The summed E-state index contributed by atoms with van der Waals surface area (Å²) in [7, 11) is -5.90. The van der Waals surface area contributed by atoms with Crippen LogP contribution in [0.2, 0.25) is 0 Å². The summed E-state index contributed by atoms with van der Waals surface area (Å²) in [5.41, 5.74) is 0. The molecule has 3 rings (SSSR count). The van der Waals surface area contributed by atoms with E-state index >= 15 is 0 Å². The van der Waals surface area contributed by atoms with Gasteiger partial charge in [-0.3, -0.25) is 4.68 Å². The highest BCUT2D eigenvalue weighted by atomic mass is 32.2. The minimum absolute atomic E-state index is 0.0116. The number of rotatable bonds is 4. The minimum Gasteiger partial charge on any atom is -0.274 e. The first-order valence-corrected chi connectivity index (χ1v) is 10.8. The third-order valence-electron chi connectivity index (χ3n) is 4.18. The zero-order valence-electron chi connectivity index (χ0n) is 14.1. The summed E-state index contributed by atoms with van der Waals surface area (Å²) >= 11 is 0. The molecule has 8 nitrogen and oxygen atoms in total. The molecular formula is C15H19FN4O4S2. The number of hydrogen-bond acceptors (Lipinski definition) is 5. The Morgan fingerprint density at radius 1 is 0.885 bits per heavy atom. The van der Waals surface area contributed by atoms with Crippen LogP contribution in [0.25, 0.3) is 0 Å². The van der Waals surface area contributed by atoms with Gasteiger partial charge in [0, 0.05) is 39.4 Å². The van der Waals surface area contributed by atoms with E-state index in [1.165, 1.54) is 37.8 Å². The summed E-state index contributed by atoms with van der Waals surface area (Å²) in [4.78, 5) is 0.0670. The Hall–Kier alpha value is -1.82. The Labute approximate surface area is 151 Å². The van der Waals surface area contributed by atoms with Gasteiger partial charge in [0.05, 0.1) is 11.1 Å². The molecule has 1 aliphatic heterocycles. The number of hydrogen-bond donors (Lipinski definition) is 0. The normalized spacial score (nSPS) is 17.9. The zero-order valence-corrected chi connectivity index (χ0v) is 15.7. The van der Waals surface area contributed by atoms with E-state index < -0.39 is 25.9 Å². The molecule has 1 fully saturated rings. The van der Waals surface area contributed by atoms with Crippen molar-refractivity contribution in [2.24, 2.45) is 7.05 Å².